The fraction of sp³-hybridized carbons (Fsp3) is 0.286. The third-order valence-electron chi connectivity index (χ3n) is 2.70. The highest BCUT2D eigenvalue weighted by Crippen LogP contribution is 2.06. The molecule has 1 aromatic heterocycles. The number of nitrogens with zero attached hydrogens (tertiary/aromatic N) is 1. The van der Waals surface area contributed by atoms with Crippen molar-refractivity contribution in [2.24, 2.45) is 0 Å². The van der Waals surface area contributed by atoms with E-state index >= 15 is 0 Å². The van der Waals surface area contributed by atoms with Gasteiger partial charge in [-0.2, -0.15) is 0 Å². The van der Waals surface area contributed by atoms with Gasteiger partial charge in [-0.05, 0) is 17.7 Å². The van der Waals surface area contributed by atoms with Gasteiger partial charge in [-0.1, -0.05) is 12.1 Å². The van der Waals surface area contributed by atoms with Gasteiger partial charge in [0.15, 0.2) is 0 Å². The minimum Gasteiger partial charge on any atom is -0.465 e. The first kappa shape index (κ1) is 13.7. The molecule has 19 heavy (non-hydrogen) atoms. The number of benzene rings is 1. The summed E-state index contributed by atoms with van der Waals surface area (Å²) >= 11 is 1.67. The quantitative estimate of drug-likeness (QED) is 0.649. The predicted octanol–water partition coefficient (Wildman–Crippen LogP) is 2.26. The van der Waals surface area contributed by atoms with Crippen molar-refractivity contribution >= 4 is 17.3 Å². The molecule has 100 valence electrons. The summed E-state index contributed by atoms with van der Waals surface area (Å²) in [5, 5.41) is 6.49. The van der Waals surface area contributed by atoms with Gasteiger partial charge in [0.1, 0.15) is 0 Å². The topological polar surface area (TPSA) is 51.2 Å². The van der Waals surface area contributed by atoms with Gasteiger partial charge < -0.3 is 10.1 Å². The molecule has 0 aliphatic rings. The number of rotatable bonds is 6. The van der Waals surface area contributed by atoms with E-state index in [1.54, 1.807) is 23.5 Å². The molecule has 1 aromatic carbocycles. The first-order valence-corrected chi connectivity index (χ1v) is 6.94. The molecule has 2 aromatic rings. The molecule has 0 unspecified atom stereocenters. The zero-order valence-electron chi connectivity index (χ0n) is 10.8. The monoisotopic (exact) mass is 276 g/mol. The molecule has 0 amide bonds. The van der Waals surface area contributed by atoms with Crippen LogP contribution < -0.4 is 5.32 Å². The Morgan fingerprint density at radius 3 is 2.79 bits per heavy atom. The number of ether oxygens (including phenoxy) is 1. The summed E-state index contributed by atoms with van der Waals surface area (Å²) in [6.45, 7) is 1.68. The van der Waals surface area contributed by atoms with Crippen LogP contribution >= 0.6 is 11.3 Å². The van der Waals surface area contributed by atoms with Crippen LogP contribution in [0.5, 0.6) is 0 Å². The van der Waals surface area contributed by atoms with Gasteiger partial charge in [0.05, 0.1) is 17.7 Å². The second kappa shape index (κ2) is 7.01. The highest BCUT2D eigenvalue weighted by atomic mass is 32.1. The van der Waals surface area contributed by atoms with E-state index in [4.69, 9.17) is 0 Å². The Hall–Kier alpha value is -1.72. The first-order chi connectivity index (χ1) is 9.29. The molecule has 1 heterocycles. The van der Waals surface area contributed by atoms with E-state index in [1.165, 1.54) is 7.11 Å². The van der Waals surface area contributed by atoms with Gasteiger partial charge in [-0.3, -0.25) is 0 Å². The van der Waals surface area contributed by atoms with E-state index in [9.17, 15) is 4.79 Å². The number of methoxy groups -OCH3 is 1. The van der Waals surface area contributed by atoms with Crippen molar-refractivity contribution in [1.82, 2.24) is 10.3 Å². The minimum absolute atomic E-state index is 0.303. The van der Waals surface area contributed by atoms with Gasteiger partial charge in [-0.15, -0.1) is 11.3 Å². The first-order valence-electron chi connectivity index (χ1n) is 6.06. The molecule has 0 spiro atoms. The van der Waals surface area contributed by atoms with Crippen molar-refractivity contribution in [2.45, 2.75) is 13.0 Å². The molecule has 2 rings (SSSR count). The minimum atomic E-state index is -0.303. The van der Waals surface area contributed by atoms with Crippen LogP contribution in [0.15, 0.2) is 35.8 Å². The summed E-state index contributed by atoms with van der Waals surface area (Å²) in [4.78, 5) is 15.5. The number of carbonyl (C=O) groups excluding carboxylic acids is 1. The molecule has 1 N–H and O–H groups in total. The fourth-order valence-electron chi connectivity index (χ4n) is 1.68. The summed E-state index contributed by atoms with van der Waals surface area (Å²) in [5.41, 5.74) is 1.72. The smallest absolute Gasteiger partial charge is 0.337 e. The Kier molecular flexibility index (Phi) is 5.06. The number of thiazole rings is 1. The van der Waals surface area contributed by atoms with Crippen molar-refractivity contribution in [1.29, 1.82) is 0 Å². The van der Waals surface area contributed by atoms with Crippen molar-refractivity contribution in [3.8, 4) is 0 Å². The number of carbonyl (C=O) groups is 1. The fourth-order valence-corrected chi connectivity index (χ4v) is 2.30. The van der Waals surface area contributed by atoms with E-state index in [-0.39, 0.29) is 5.97 Å². The second-order valence-corrected chi connectivity index (χ2v) is 5.02. The third kappa shape index (κ3) is 4.15. The van der Waals surface area contributed by atoms with Crippen LogP contribution in [0.1, 0.15) is 20.9 Å². The zero-order valence-corrected chi connectivity index (χ0v) is 11.6. The van der Waals surface area contributed by atoms with E-state index in [2.05, 4.69) is 15.0 Å². The zero-order chi connectivity index (χ0) is 13.5. The number of aromatic nitrogens is 1. The van der Waals surface area contributed by atoms with E-state index in [1.807, 2.05) is 23.7 Å². The van der Waals surface area contributed by atoms with E-state index < -0.39 is 0 Å². The van der Waals surface area contributed by atoms with Crippen molar-refractivity contribution < 1.29 is 9.53 Å². The third-order valence-corrected chi connectivity index (χ3v) is 3.54. The lowest BCUT2D eigenvalue weighted by Crippen LogP contribution is -2.16. The Labute approximate surface area is 116 Å². The molecule has 0 bridgehead atoms. The number of esters is 1. The highest BCUT2D eigenvalue weighted by Gasteiger charge is 2.04. The lowest BCUT2D eigenvalue weighted by atomic mass is 10.1. The maximum atomic E-state index is 11.3. The number of hydrogen-bond acceptors (Lipinski definition) is 5. The normalized spacial score (nSPS) is 10.4. The Morgan fingerprint density at radius 1 is 1.37 bits per heavy atom. The molecule has 4 nitrogen and oxygen atoms in total. The highest BCUT2D eigenvalue weighted by molar-refractivity contribution is 7.09. The largest absolute Gasteiger partial charge is 0.465 e. The van der Waals surface area contributed by atoms with E-state index in [0.29, 0.717) is 5.56 Å². The summed E-state index contributed by atoms with van der Waals surface area (Å²) < 4.78 is 4.66. The molecule has 0 radical (unpaired) electrons. The molecule has 0 aliphatic heterocycles. The van der Waals surface area contributed by atoms with Crippen LogP contribution in [-0.4, -0.2) is 24.6 Å². The SMILES string of the molecule is COC(=O)c1ccc(CNCCc2nccs2)cc1. The molecule has 0 aliphatic carbocycles. The van der Waals surface area contributed by atoms with Crippen LogP contribution in [0.3, 0.4) is 0 Å². The molecule has 0 saturated carbocycles. The van der Waals surface area contributed by atoms with Gasteiger partial charge in [0, 0.05) is 31.1 Å². The maximum Gasteiger partial charge on any atom is 0.337 e. The average Bonchev–Trinajstić information content (AvgIpc) is 2.96. The molecule has 0 fully saturated rings. The Bertz CT molecular complexity index is 509. The average molecular weight is 276 g/mol. The molecular weight excluding hydrogens is 260 g/mol. The second-order valence-electron chi connectivity index (χ2n) is 4.04. The van der Waals surface area contributed by atoms with Gasteiger partial charge in [-0.25, -0.2) is 9.78 Å². The van der Waals surface area contributed by atoms with Crippen molar-refractivity contribution in [2.75, 3.05) is 13.7 Å². The van der Waals surface area contributed by atoms with Crippen molar-refractivity contribution in [3.63, 3.8) is 0 Å². The maximum absolute atomic E-state index is 11.3. The standard InChI is InChI=1S/C14H16N2O2S/c1-18-14(17)12-4-2-11(3-5-12)10-15-7-6-13-16-8-9-19-13/h2-5,8-9,15H,6-7,10H2,1H3. The molecule has 0 saturated heterocycles. The Balaban J connectivity index is 1.75. The van der Waals surface area contributed by atoms with Crippen LogP contribution in [0, 0.1) is 0 Å². The molecule has 5 heteroatoms. The summed E-state index contributed by atoms with van der Waals surface area (Å²) in [7, 11) is 1.39. The lowest BCUT2D eigenvalue weighted by molar-refractivity contribution is 0.0600. The molecule has 0 atom stereocenters. The van der Waals surface area contributed by atoms with Crippen LogP contribution in [0.4, 0.5) is 0 Å². The van der Waals surface area contributed by atoms with Gasteiger partial charge in [0.25, 0.3) is 0 Å². The lowest BCUT2D eigenvalue weighted by Gasteiger charge is -2.05. The van der Waals surface area contributed by atoms with Gasteiger partial charge in [0.2, 0.25) is 0 Å². The number of hydrogen-bond donors (Lipinski definition) is 1. The van der Waals surface area contributed by atoms with E-state index in [0.717, 1.165) is 30.1 Å². The Morgan fingerprint density at radius 2 is 2.16 bits per heavy atom. The predicted molar refractivity (Wildman–Crippen MR) is 75.3 cm³/mol. The van der Waals surface area contributed by atoms with Crippen LogP contribution in [-0.2, 0) is 17.7 Å². The summed E-state index contributed by atoms with van der Waals surface area (Å²) in [6.07, 6.45) is 2.77. The molecular formula is C14H16N2O2S. The number of nitrogens with one attached hydrogen (secondary N) is 1. The van der Waals surface area contributed by atoms with Crippen LogP contribution in [0.25, 0.3) is 0 Å². The van der Waals surface area contributed by atoms with Crippen molar-refractivity contribution in [3.05, 3.63) is 52.0 Å². The van der Waals surface area contributed by atoms with Crippen LogP contribution in [0.2, 0.25) is 0 Å². The summed E-state index contributed by atoms with van der Waals surface area (Å²) in [5.74, 6) is -0.303. The van der Waals surface area contributed by atoms with Gasteiger partial charge >= 0.3 is 5.97 Å². The summed E-state index contributed by atoms with van der Waals surface area (Å²) in [6, 6.07) is 7.43.